The number of rotatable bonds is 7. The first-order valence-corrected chi connectivity index (χ1v) is 11.4. The predicted molar refractivity (Wildman–Crippen MR) is 124 cm³/mol. The van der Waals surface area contributed by atoms with Crippen LogP contribution in [0.25, 0.3) is 0 Å². The van der Waals surface area contributed by atoms with Crippen molar-refractivity contribution in [3.05, 3.63) is 90.3 Å². The number of nitrogens with zero attached hydrogens (tertiary/aromatic N) is 2. The predicted octanol–water partition coefficient (Wildman–Crippen LogP) is 4.79. The van der Waals surface area contributed by atoms with E-state index < -0.39 is 0 Å². The lowest BCUT2D eigenvalue weighted by Crippen LogP contribution is -2.36. The number of amides is 1. The Balaban J connectivity index is 1.10. The Bertz CT molecular complexity index is 1050. The highest BCUT2D eigenvalue weighted by Crippen LogP contribution is 2.59. The number of pyridine rings is 1. The highest BCUT2D eigenvalue weighted by molar-refractivity contribution is 5.82. The molecule has 1 saturated carbocycles. The maximum absolute atomic E-state index is 12.7. The van der Waals surface area contributed by atoms with Crippen LogP contribution in [0.4, 0.5) is 0 Å². The van der Waals surface area contributed by atoms with E-state index in [0.29, 0.717) is 6.54 Å². The third kappa shape index (κ3) is 4.83. The SMILES string of the molecule is O=C(NCc1ccncc1)C1CC12CCN(Cc1cccc(Oc3ccccc3)c1)CC2. The maximum Gasteiger partial charge on any atom is 0.223 e. The zero-order valence-electron chi connectivity index (χ0n) is 18.2. The summed E-state index contributed by atoms with van der Waals surface area (Å²) in [6, 6.07) is 22.1. The van der Waals surface area contributed by atoms with Crippen molar-refractivity contribution in [2.45, 2.75) is 32.4 Å². The van der Waals surface area contributed by atoms with E-state index in [1.165, 1.54) is 5.56 Å². The number of benzene rings is 2. The molecule has 32 heavy (non-hydrogen) atoms. The lowest BCUT2D eigenvalue weighted by molar-refractivity contribution is -0.123. The molecule has 5 rings (SSSR count). The zero-order valence-corrected chi connectivity index (χ0v) is 18.2. The maximum atomic E-state index is 12.7. The second kappa shape index (κ2) is 9.13. The van der Waals surface area contributed by atoms with E-state index >= 15 is 0 Å². The van der Waals surface area contributed by atoms with Crippen LogP contribution >= 0.6 is 0 Å². The summed E-state index contributed by atoms with van der Waals surface area (Å²) in [5.41, 5.74) is 2.57. The standard InChI is InChI=1S/C27H29N3O2/c31-26(29-19-21-9-13-28-14-10-21)25-18-27(25)11-15-30(16-12-27)20-22-5-4-8-24(17-22)32-23-6-2-1-3-7-23/h1-10,13-14,17,25H,11-12,15-16,18-20H2,(H,29,31). The van der Waals surface area contributed by atoms with Gasteiger partial charge in [0.2, 0.25) is 5.91 Å². The molecule has 164 valence electrons. The Morgan fingerprint density at radius 2 is 1.72 bits per heavy atom. The van der Waals surface area contributed by atoms with Gasteiger partial charge in [-0.3, -0.25) is 14.7 Å². The van der Waals surface area contributed by atoms with Crippen LogP contribution in [0.5, 0.6) is 11.5 Å². The summed E-state index contributed by atoms with van der Waals surface area (Å²) in [4.78, 5) is 19.2. The van der Waals surface area contributed by atoms with Crippen LogP contribution < -0.4 is 10.1 Å². The summed E-state index contributed by atoms with van der Waals surface area (Å²) in [7, 11) is 0. The van der Waals surface area contributed by atoms with Crippen LogP contribution in [0, 0.1) is 11.3 Å². The Hall–Kier alpha value is -3.18. The lowest BCUT2D eigenvalue weighted by atomic mass is 9.90. The van der Waals surface area contributed by atoms with Gasteiger partial charge in [0.25, 0.3) is 0 Å². The summed E-state index contributed by atoms with van der Waals surface area (Å²) in [5.74, 6) is 2.11. The van der Waals surface area contributed by atoms with E-state index in [1.54, 1.807) is 12.4 Å². The summed E-state index contributed by atoms with van der Waals surface area (Å²) in [6.07, 6.45) is 6.75. The number of carbonyl (C=O) groups excluding carboxylic acids is 1. The van der Waals surface area contributed by atoms with Crippen molar-refractivity contribution in [2.75, 3.05) is 13.1 Å². The third-order valence-corrected chi connectivity index (χ3v) is 6.86. The molecule has 1 spiro atoms. The first-order chi connectivity index (χ1) is 15.7. The third-order valence-electron chi connectivity index (χ3n) is 6.86. The largest absolute Gasteiger partial charge is 0.457 e. The van der Waals surface area contributed by atoms with E-state index in [9.17, 15) is 4.79 Å². The molecule has 1 saturated heterocycles. The smallest absolute Gasteiger partial charge is 0.223 e. The molecule has 1 amide bonds. The Morgan fingerprint density at radius 1 is 0.969 bits per heavy atom. The molecule has 2 fully saturated rings. The van der Waals surface area contributed by atoms with Crippen molar-refractivity contribution in [3.63, 3.8) is 0 Å². The highest BCUT2D eigenvalue weighted by atomic mass is 16.5. The van der Waals surface area contributed by atoms with Gasteiger partial charge in [-0.15, -0.1) is 0 Å². The Morgan fingerprint density at radius 3 is 2.50 bits per heavy atom. The van der Waals surface area contributed by atoms with Crippen LogP contribution in [0.2, 0.25) is 0 Å². The van der Waals surface area contributed by atoms with Crippen LogP contribution in [0.1, 0.15) is 30.4 Å². The van der Waals surface area contributed by atoms with Gasteiger partial charge in [-0.05, 0) is 85.3 Å². The summed E-state index contributed by atoms with van der Waals surface area (Å²) in [6.45, 7) is 3.58. The summed E-state index contributed by atoms with van der Waals surface area (Å²) in [5, 5.41) is 3.12. The van der Waals surface area contributed by atoms with Crippen molar-refractivity contribution in [1.82, 2.24) is 15.2 Å². The molecule has 0 radical (unpaired) electrons. The van der Waals surface area contributed by atoms with Crippen molar-refractivity contribution < 1.29 is 9.53 Å². The first kappa shape index (κ1) is 20.7. The minimum atomic E-state index is 0.175. The minimum Gasteiger partial charge on any atom is -0.457 e. The molecular formula is C27H29N3O2. The molecule has 0 bridgehead atoms. The van der Waals surface area contributed by atoms with Crippen LogP contribution in [0.15, 0.2) is 79.1 Å². The average molecular weight is 428 g/mol. The van der Waals surface area contributed by atoms with Crippen molar-refractivity contribution >= 4 is 5.91 Å². The number of aromatic nitrogens is 1. The molecule has 5 nitrogen and oxygen atoms in total. The van der Waals surface area contributed by atoms with Gasteiger partial charge in [-0.25, -0.2) is 0 Å². The molecule has 1 aromatic heterocycles. The second-order valence-corrected chi connectivity index (χ2v) is 9.03. The van der Waals surface area contributed by atoms with Crippen LogP contribution in [-0.4, -0.2) is 28.9 Å². The van der Waals surface area contributed by atoms with E-state index in [2.05, 4.69) is 33.4 Å². The van der Waals surface area contributed by atoms with Gasteiger partial charge in [0, 0.05) is 31.4 Å². The first-order valence-electron chi connectivity index (χ1n) is 11.4. The Labute approximate surface area is 189 Å². The van der Waals surface area contributed by atoms with Gasteiger partial charge in [-0.2, -0.15) is 0 Å². The summed E-state index contributed by atoms with van der Waals surface area (Å²) < 4.78 is 5.98. The molecule has 2 aliphatic rings. The van der Waals surface area contributed by atoms with Crippen molar-refractivity contribution in [2.24, 2.45) is 11.3 Å². The number of carbonyl (C=O) groups is 1. The monoisotopic (exact) mass is 427 g/mol. The molecular weight excluding hydrogens is 398 g/mol. The summed E-state index contributed by atoms with van der Waals surface area (Å²) >= 11 is 0. The number of likely N-dealkylation sites (tertiary alicyclic amines) is 1. The molecule has 2 heterocycles. The van der Waals surface area contributed by atoms with E-state index in [0.717, 1.165) is 56.0 Å². The number of hydrogen-bond acceptors (Lipinski definition) is 4. The molecule has 3 aromatic rings. The molecule has 1 aliphatic carbocycles. The Kier molecular flexibility index (Phi) is 5.91. The van der Waals surface area contributed by atoms with Gasteiger partial charge in [-0.1, -0.05) is 30.3 Å². The topological polar surface area (TPSA) is 54.5 Å². The molecule has 1 aliphatic heterocycles. The average Bonchev–Trinajstić information content (AvgIpc) is 3.54. The molecule has 2 aromatic carbocycles. The van der Waals surface area contributed by atoms with Crippen molar-refractivity contribution in [3.8, 4) is 11.5 Å². The number of para-hydroxylation sites is 1. The fraction of sp³-hybridized carbons (Fsp3) is 0.333. The lowest BCUT2D eigenvalue weighted by Gasteiger charge is -2.32. The number of hydrogen-bond donors (Lipinski definition) is 1. The van der Waals surface area contributed by atoms with Crippen molar-refractivity contribution in [1.29, 1.82) is 0 Å². The second-order valence-electron chi connectivity index (χ2n) is 9.03. The molecule has 1 unspecified atom stereocenters. The molecule has 1 N–H and O–H groups in total. The fourth-order valence-electron chi connectivity index (χ4n) is 4.83. The zero-order chi connectivity index (χ0) is 21.8. The normalized spacial score (nSPS) is 19.4. The number of piperidine rings is 1. The van der Waals surface area contributed by atoms with Crippen LogP contribution in [-0.2, 0) is 17.9 Å². The van der Waals surface area contributed by atoms with Gasteiger partial charge in [0.15, 0.2) is 0 Å². The van der Waals surface area contributed by atoms with Crippen LogP contribution in [0.3, 0.4) is 0 Å². The van der Waals surface area contributed by atoms with E-state index in [4.69, 9.17) is 4.74 Å². The quantitative estimate of drug-likeness (QED) is 0.589. The molecule has 1 atom stereocenters. The highest BCUT2D eigenvalue weighted by Gasteiger charge is 2.58. The van der Waals surface area contributed by atoms with Gasteiger partial charge in [0.05, 0.1) is 0 Å². The van der Waals surface area contributed by atoms with Gasteiger partial charge < -0.3 is 10.1 Å². The molecule has 5 heteroatoms. The van der Waals surface area contributed by atoms with E-state index in [1.807, 2.05) is 48.5 Å². The number of ether oxygens (including phenoxy) is 1. The number of nitrogens with one attached hydrogen (secondary N) is 1. The van der Waals surface area contributed by atoms with Gasteiger partial charge in [0.1, 0.15) is 11.5 Å². The minimum absolute atomic E-state index is 0.175. The van der Waals surface area contributed by atoms with E-state index in [-0.39, 0.29) is 17.2 Å². The van der Waals surface area contributed by atoms with Gasteiger partial charge >= 0.3 is 0 Å². The fourth-order valence-corrected chi connectivity index (χ4v) is 4.83.